The Labute approximate surface area is 160 Å². The average Bonchev–Trinajstić information content (AvgIpc) is 2.68. The number of hydrogen-bond donors (Lipinski definition) is 1. The van der Waals surface area contributed by atoms with Crippen molar-refractivity contribution in [3.63, 3.8) is 0 Å². The molecule has 0 saturated carbocycles. The summed E-state index contributed by atoms with van der Waals surface area (Å²) in [6, 6.07) is 7.07. The minimum Gasteiger partial charge on any atom is -0.339 e. The number of alkyl halides is 3. The van der Waals surface area contributed by atoms with Crippen LogP contribution in [0.25, 0.3) is 0 Å². The van der Waals surface area contributed by atoms with Crippen LogP contribution in [0.2, 0.25) is 0 Å². The molecule has 0 aliphatic carbocycles. The van der Waals surface area contributed by atoms with Gasteiger partial charge in [-0.3, -0.25) is 14.6 Å². The van der Waals surface area contributed by atoms with E-state index >= 15 is 0 Å². The fourth-order valence-corrected chi connectivity index (χ4v) is 3.02. The minimum absolute atomic E-state index is 0.0242. The molecule has 1 N–H and O–H groups in total. The number of pyridine rings is 1. The second-order valence-corrected chi connectivity index (χ2v) is 6.93. The highest BCUT2D eigenvalue weighted by atomic mass is 19.4. The van der Waals surface area contributed by atoms with Gasteiger partial charge < -0.3 is 10.2 Å². The number of piperidine rings is 1. The predicted octanol–water partition coefficient (Wildman–Crippen LogP) is 4.22. The van der Waals surface area contributed by atoms with Crippen LogP contribution in [0.5, 0.6) is 0 Å². The molecule has 8 heteroatoms. The Bertz CT molecular complexity index is 858. The topological polar surface area (TPSA) is 62.3 Å². The molecule has 0 bridgehead atoms. The molecule has 1 saturated heterocycles. The van der Waals surface area contributed by atoms with Crippen molar-refractivity contribution >= 4 is 17.5 Å². The van der Waals surface area contributed by atoms with Gasteiger partial charge in [-0.2, -0.15) is 13.2 Å². The molecule has 2 heterocycles. The fraction of sp³-hybridized carbons (Fsp3) is 0.350. The number of carbonyl (C=O) groups excluding carboxylic acids is 2. The first-order valence-corrected chi connectivity index (χ1v) is 8.98. The second-order valence-electron chi connectivity index (χ2n) is 6.93. The zero-order chi connectivity index (χ0) is 20.3. The number of hydrogen-bond acceptors (Lipinski definition) is 3. The third-order valence-electron chi connectivity index (χ3n) is 4.78. The zero-order valence-electron chi connectivity index (χ0n) is 15.3. The van der Waals surface area contributed by atoms with Gasteiger partial charge in [0.25, 0.3) is 11.8 Å². The summed E-state index contributed by atoms with van der Waals surface area (Å²) in [7, 11) is 0. The lowest BCUT2D eigenvalue weighted by molar-refractivity contribution is -0.137. The Kier molecular flexibility index (Phi) is 5.67. The Balaban J connectivity index is 1.69. The van der Waals surface area contributed by atoms with Crippen molar-refractivity contribution < 1.29 is 22.8 Å². The lowest BCUT2D eigenvalue weighted by Gasteiger charge is -2.30. The van der Waals surface area contributed by atoms with Crippen molar-refractivity contribution in [3.05, 3.63) is 59.4 Å². The van der Waals surface area contributed by atoms with Gasteiger partial charge in [-0.05, 0) is 55.2 Å². The molecule has 1 aliphatic rings. The van der Waals surface area contributed by atoms with Gasteiger partial charge >= 0.3 is 6.18 Å². The Morgan fingerprint density at radius 1 is 1.11 bits per heavy atom. The molecule has 148 valence electrons. The monoisotopic (exact) mass is 391 g/mol. The van der Waals surface area contributed by atoms with E-state index in [1.165, 1.54) is 24.4 Å². The number of amides is 2. The maximum atomic E-state index is 12.6. The molecular formula is C20H20F3N3O2. The molecule has 0 radical (unpaired) electrons. The van der Waals surface area contributed by atoms with E-state index in [0.717, 1.165) is 25.0 Å². The molecule has 5 nitrogen and oxygen atoms in total. The van der Waals surface area contributed by atoms with Crippen molar-refractivity contribution in [3.8, 4) is 0 Å². The molecule has 28 heavy (non-hydrogen) atoms. The molecule has 3 rings (SSSR count). The molecule has 1 aromatic carbocycles. The smallest absolute Gasteiger partial charge is 0.339 e. The Morgan fingerprint density at radius 3 is 2.36 bits per heavy atom. The molecular weight excluding hydrogens is 371 g/mol. The van der Waals surface area contributed by atoms with E-state index in [0.29, 0.717) is 24.6 Å². The summed E-state index contributed by atoms with van der Waals surface area (Å²) in [5.41, 5.74) is -0.202. The number of nitrogens with zero attached hydrogens (tertiary/aromatic N) is 2. The molecule has 0 unspecified atom stereocenters. The van der Waals surface area contributed by atoms with Gasteiger partial charge in [0.2, 0.25) is 0 Å². The molecule has 0 spiro atoms. The summed E-state index contributed by atoms with van der Waals surface area (Å²) in [5.74, 6) is -0.161. The number of anilines is 1. The van der Waals surface area contributed by atoms with Gasteiger partial charge in [0.1, 0.15) is 5.69 Å². The van der Waals surface area contributed by atoms with Gasteiger partial charge in [-0.1, -0.05) is 6.92 Å². The summed E-state index contributed by atoms with van der Waals surface area (Å²) in [6.45, 7) is 3.50. The summed E-state index contributed by atoms with van der Waals surface area (Å²) in [5, 5.41) is 2.49. The number of aromatic nitrogens is 1. The Hall–Kier alpha value is -2.90. The van der Waals surface area contributed by atoms with Crippen LogP contribution in [-0.4, -0.2) is 34.8 Å². The highest BCUT2D eigenvalue weighted by Crippen LogP contribution is 2.29. The summed E-state index contributed by atoms with van der Waals surface area (Å²) in [6.07, 6.45) is -1.18. The van der Waals surface area contributed by atoms with Crippen LogP contribution in [0.3, 0.4) is 0 Å². The van der Waals surface area contributed by atoms with Crippen molar-refractivity contribution in [2.24, 2.45) is 5.92 Å². The lowest BCUT2D eigenvalue weighted by Crippen LogP contribution is -2.38. The van der Waals surface area contributed by atoms with Crippen molar-refractivity contribution in [1.82, 2.24) is 9.88 Å². The minimum atomic E-state index is -4.44. The summed E-state index contributed by atoms with van der Waals surface area (Å²) in [4.78, 5) is 30.7. The summed E-state index contributed by atoms with van der Waals surface area (Å²) >= 11 is 0. The van der Waals surface area contributed by atoms with Gasteiger partial charge in [0.05, 0.1) is 5.56 Å². The van der Waals surface area contributed by atoms with Crippen LogP contribution in [0.15, 0.2) is 42.6 Å². The zero-order valence-corrected chi connectivity index (χ0v) is 15.3. The summed E-state index contributed by atoms with van der Waals surface area (Å²) < 4.78 is 37.8. The Morgan fingerprint density at radius 2 is 1.75 bits per heavy atom. The van der Waals surface area contributed by atoms with E-state index in [4.69, 9.17) is 0 Å². The molecule has 1 aliphatic heterocycles. The number of rotatable bonds is 3. The number of nitrogens with one attached hydrogen (secondary N) is 1. The van der Waals surface area contributed by atoms with Crippen molar-refractivity contribution in [2.75, 3.05) is 18.4 Å². The van der Waals surface area contributed by atoms with E-state index < -0.39 is 17.6 Å². The predicted molar refractivity (Wildman–Crippen MR) is 97.9 cm³/mol. The lowest BCUT2D eigenvalue weighted by atomic mass is 9.98. The van der Waals surface area contributed by atoms with E-state index in [1.807, 2.05) is 0 Å². The molecule has 0 atom stereocenters. The van der Waals surface area contributed by atoms with Crippen LogP contribution in [0.4, 0.5) is 18.9 Å². The van der Waals surface area contributed by atoms with E-state index in [2.05, 4.69) is 17.2 Å². The number of halogens is 3. The highest BCUT2D eigenvalue weighted by Gasteiger charge is 2.30. The average molecular weight is 391 g/mol. The van der Waals surface area contributed by atoms with E-state index in [-0.39, 0.29) is 17.3 Å². The van der Waals surface area contributed by atoms with Gasteiger partial charge in [-0.15, -0.1) is 0 Å². The molecule has 2 aromatic rings. The largest absolute Gasteiger partial charge is 0.416 e. The normalized spacial score (nSPS) is 15.4. The second kappa shape index (κ2) is 8.00. The van der Waals surface area contributed by atoms with Crippen LogP contribution in [-0.2, 0) is 6.18 Å². The van der Waals surface area contributed by atoms with Crippen LogP contribution >= 0.6 is 0 Å². The standard InChI is InChI=1S/C20H20F3N3O2/c1-13-7-10-26(11-8-13)19(28)14-6-9-24-17(12-14)18(27)25-16-4-2-15(3-5-16)20(21,22)23/h2-6,9,12-13H,7-8,10-11H2,1H3,(H,25,27). The molecule has 1 fully saturated rings. The van der Waals surface area contributed by atoms with E-state index in [9.17, 15) is 22.8 Å². The maximum Gasteiger partial charge on any atom is 0.416 e. The highest BCUT2D eigenvalue weighted by molar-refractivity contribution is 6.04. The van der Waals surface area contributed by atoms with E-state index in [1.54, 1.807) is 11.0 Å². The van der Waals surface area contributed by atoms with Crippen LogP contribution in [0, 0.1) is 5.92 Å². The first-order valence-electron chi connectivity index (χ1n) is 8.98. The fourth-order valence-electron chi connectivity index (χ4n) is 3.02. The first-order chi connectivity index (χ1) is 13.2. The number of benzene rings is 1. The SMILES string of the molecule is CC1CCN(C(=O)c2ccnc(C(=O)Nc3ccc(C(F)(F)F)cc3)c2)CC1. The van der Waals surface area contributed by atoms with Crippen LogP contribution < -0.4 is 5.32 Å². The first kappa shape index (κ1) is 19.9. The molecule has 2 amide bonds. The third-order valence-corrected chi connectivity index (χ3v) is 4.78. The maximum absolute atomic E-state index is 12.6. The van der Waals surface area contributed by atoms with Gasteiger partial charge in [0.15, 0.2) is 0 Å². The quantitative estimate of drug-likeness (QED) is 0.852. The van der Waals surface area contributed by atoms with Crippen LogP contribution in [0.1, 0.15) is 46.2 Å². The van der Waals surface area contributed by atoms with Gasteiger partial charge in [0, 0.05) is 30.5 Å². The van der Waals surface area contributed by atoms with Crippen molar-refractivity contribution in [1.29, 1.82) is 0 Å². The van der Waals surface area contributed by atoms with Gasteiger partial charge in [-0.25, -0.2) is 0 Å². The molecule has 1 aromatic heterocycles. The third kappa shape index (κ3) is 4.68. The number of likely N-dealkylation sites (tertiary alicyclic amines) is 1. The number of carbonyl (C=O) groups is 2. The van der Waals surface area contributed by atoms with Crippen molar-refractivity contribution in [2.45, 2.75) is 25.9 Å².